The van der Waals surface area contributed by atoms with Gasteiger partial charge in [0.25, 0.3) is 0 Å². The van der Waals surface area contributed by atoms with Gasteiger partial charge < -0.3 is 14.4 Å². The molecule has 0 saturated carbocycles. The van der Waals surface area contributed by atoms with Crippen molar-refractivity contribution in [3.8, 4) is 11.5 Å². The van der Waals surface area contributed by atoms with Crippen LogP contribution >= 0.6 is 0 Å². The number of aromatic nitrogens is 2. The van der Waals surface area contributed by atoms with Crippen LogP contribution in [0.25, 0.3) is 11.0 Å². The van der Waals surface area contributed by atoms with Crippen molar-refractivity contribution in [2.24, 2.45) is 5.92 Å². The second-order valence-electron chi connectivity index (χ2n) is 8.12. The number of Topliss-reactive ketones (excluding diaryl/α,β-unsaturated/α-hetero) is 1. The second-order valence-corrected chi connectivity index (χ2v) is 8.12. The van der Waals surface area contributed by atoms with Crippen molar-refractivity contribution in [3.05, 3.63) is 53.3 Å². The molecule has 0 amide bonds. The van der Waals surface area contributed by atoms with Gasteiger partial charge in [-0.15, -0.1) is 0 Å². The third-order valence-corrected chi connectivity index (χ3v) is 5.42. The standard InChI is InChI=1S/C24H27F3N2O3/c1-15(2)20(30)14-17-10-11-21(16(3)22(17)31)32-13-7-6-12-29-19-9-5-4-8-18(19)28-23(29)24(25,26)27/h4-5,8-11,15,31H,6-7,12-14H2,1-3H3. The largest absolute Gasteiger partial charge is 0.507 e. The number of imidazole rings is 1. The first kappa shape index (κ1) is 23.6. The Labute approximate surface area is 184 Å². The Bertz CT molecular complexity index is 1100. The Morgan fingerprint density at radius 3 is 2.56 bits per heavy atom. The van der Waals surface area contributed by atoms with Crippen molar-refractivity contribution < 1.29 is 27.8 Å². The molecule has 1 aromatic heterocycles. The highest BCUT2D eigenvalue weighted by Gasteiger charge is 2.37. The van der Waals surface area contributed by atoms with E-state index in [-0.39, 0.29) is 30.4 Å². The highest BCUT2D eigenvalue weighted by Crippen LogP contribution is 2.33. The third-order valence-electron chi connectivity index (χ3n) is 5.42. The molecule has 0 radical (unpaired) electrons. The second kappa shape index (κ2) is 9.63. The number of hydrogen-bond donors (Lipinski definition) is 1. The van der Waals surface area contributed by atoms with Crippen LogP contribution in [-0.2, 0) is 23.9 Å². The Morgan fingerprint density at radius 1 is 1.16 bits per heavy atom. The summed E-state index contributed by atoms with van der Waals surface area (Å²) in [6, 6.07) is 9.94. The number of phenolic OH excluding ortho intramolecular Hbond substituents is 1. The summed E-state index contributed by atoms with van der Waals surface area (Å²) in [5, 5.41) is 10.4. The number of fused-ring (bicyclic) bond motifs is 1. The Morgan fingerprint density at radius 2 is 1.88 bits per heavy atom. The summed E-state index contributed by atoms with van der Waals surface area (Å²) in [5.74, 6) is -0.440. The Balaban J connectivity index is 1.60. The van der Waals surface area contributed by atoms with E-state index in [2.05, 4.69) is 4.98 Å². The van der Waals surface area contributed by atoms with E-state index >= 15 is 0 Å². The van der Waals surface area contributed by atoms with Crippen LogP contribution in [0.15, 0.2) is 36.4 Å². The van der Waals surface area contributed by atoms with Crippen molar-refractivity contribution in [3.63, 3.8) is 0 Å². The summed E-state index contributed by atoms with van der Waals surface area (Å²) in [5.41, 5.74) is 1.87. The first-order valence-electron chi connectivity index (χ1n) is 10.6. The van der Waals surface area contributed by atoms with Gasteiger partial charge >= 0.3 is 6.18 Å². The summed E-state index contributed by atoms with van der Waals surface area (Å²) in [4.78, 5) is 15.7. The quantitative estimate of drug-likeness (QED) is 0.427. The van der Waals surface area contributed by atoms with E-state index < -0.39 is 12.0 Å². The number of alkyl halides is 3. The molecule has 3 aromatic rings. The van der Waals surface area contributed by atoms with Crippen LogP contribution in [0.4, 0.5) is 13.2 Å². The van der Waals surface area contributed by atoms with E-state index in [4.69, 9.17) is 4.74 Å². The van der Waals surface area contributed by atoms with Crippen LogP contribution in [0, 0.1) is 12.8 Å². The lowest BCUT2D eigenvalue weighted by Gasteiger charge is -2.14. The monoisotopic (exact) mass is 448 g/mol. The molecule has 0 bridgehead atoms. The van der Waals surface area contributed by atoms with Gasteiger partial charge in [-0.3, -0.25) is 4.79 Å². The minimum atomic E-state index is -4.52. The first-order chi connectivity index (χ1) is 15.1. The zero-order valence-corrected chi connectivity index (χ0v) is 18.4. The van der Waals surface area contributed by atoms with Crippen molar-refractivity contribution in [1.82, 2.24) is 9.55 Å². The molecule has 0 aliphatic carbocycles. The number of phenols is 1. The number of hydrogen-bond acceptors (Lipinski definition) is 4. The number of halogens is 3. The van der Waals surface area contributed by atoms with Gasteiger partial charge in [-0.25, -0.2) is 4.98 Å². The molecule has 8 heteroatoms. The molecule has 0 saturated heterocycles. The highest BCUT2D eigenvalue weighted by atomic mass is 19.4. The summed E-state index contributed by atoms with van der Waals surface area (Å²) in [6.07, 6.45) is -3.37. The fourth-order valence-electron chi connectivity index (χ4n) is 3.50. The number of carbonyl (C=O) groups is 1. The molecule has 172 valence electrons. The van der Waals surface area contributed by atoms with Crippen LogP contribution in [-0.4, -0.2) is 27.0 Å². The van der Waals surface area contributed by atoms with Crippen LogP contribution in [0.5, 0.6) is 11.5 Å². The minimum absolute atomic E-state index is 0.0382. The number of unbranched alkanes of at least 4 members (excludes halogenated alkanes) is 1. The summed E-state index contributed by atoms with van der Waals surface area (Å²) in [6.45, 7) is 5.79. The molecule has 1 heterocycles. The molecule has 3 rings (SSSR count). The number of aryl methyl sites for hydroxylation is 1. The average molecular weight is 448 g/mol. The smallest absolute Gasteiger partial charge is 0.449 e. The van der Waals surface area contributed by atoms with E-state index in [1.165, 1.54) is 4.57 Å². The maximum absolute atomic E-state index is 13.4. The number of para-hydroxylation sites is 2. The van der Waals surface area contributed by atoms with Gasteiger partial charge in [0.05, 0.1) is 17.6 Å². The summed E-state index contributed by atoms with van der Waals surface area (Å²) >= 11 is 0. The number of nitrogens with zero attached hydrogens (tertiary/aromatic N) is 2. The summed E-state index contributed by atoms with van der Waals surface area (Å²) in [7, 11) is 0. The fourth-order valence-corrected chi connectivity index (χ4v) is 3.50. The van der Waals surface area contributed by atoms with Gasteiger partial charge in [-0.2, -0.15) is 13.2 Å². The Hall–Kier alpha value is -3.03. The number of rotatable bonds is 9. The highest BCUT2D eigenvalue weighted by molar-refractivity contribution is 5.83. The predicted octanol–water partition coefficient (Wildman–Crippen LogP) is 5.70. The van der Waals surface area contributed by atoms with E-state index in [9.17, 15) is 23.1 Å². The summed E-state index contributed by atoms with van der Waals surface area (Å²) < 4.78 is 47.0. The number of ether oxygens (including phenoxy) is 1. The van der Waals surface area contributed by atoms with Crippen molar-refractivity contribution in [2.45, 2.75) is 52.8 Å². The Kier molecular flexibility index (Phi) is 7.11. The lowest BCUT2D eigenvalue weighted by molar-refractivity contribution is -0.147. The SMILES string of the molecule is Cc1c(OCCCCn2c(C(F)(F)F)nc3ccccc32)ccc(CC(=O)C(C)C)c1O. The molecular formula is C24H27F3N2O3. The molecule has 0 aliphatic rings. The van der Waals surface area contributed by atoms with Gasteiger partial charge in [0, 0.05) is 30.0 Å². The average Bonchev–Trinajstić information content (AvgIpc) is 3.11. The number of carbonyl (C=O) groups excluding carboxylic acids is 1. The van der Waals surface area contributed by atoms with E-state index in [1.54, 1.807) is 43.3 Å². The van der Waals surface area contributed by atoms with Crippen LogP contribution < -0.4 is 4.74 Å². The maximum atomic E-state index is 13.4. The lowest BCUT2D eigenvalue weighted by Crippen LogP contribution is -2.15. The fraction of sp³-hybridized carbons (Fsp3) is 0.417. The lowest BCUT2D eigenvalue weighted by atomic mass is 9.98. The molecule has 0 unspecified atom stereocenters. The van der Waals surface area contributed by atoms with Crippen LogP contribution in [0.3, 0.4) is 0 Å². The van der Waals surface area contributed by atoms with Crippen molar-refractivity contribution in [2.75, 3.05) is 6.61 Å². The topological polar surface area (TPSA) is 64.4 Å². The van der Waals surface area contributed by atoms with Gasteiger partial charge in [-0.1, -0.05) is 32.0 Å². The number of benzene rings is 2. The van der Waals surface area contributed by atoms with Crippen LogP contribution in [0.1, 0.15) is 43.6 Å². The third kappa shape index (κ3) is 5.23. The molecule has 1 N–H and O–H groups in total. The minimum Gasteiger partial charge on any atom is -0.507 e. The van der Waals surface area contributed by atoms with Crippen molar-refractivity contribution >= 4 is 16.8 Å². The van der Waals surface area contributed by atoms with E-state index in [0.29, 0.717) is 47.4 Å². The van der Waals surface area contributed by atoms with Gasteiger partial charge in [0.2, 0.25) is 5.82 Å². The van der Waals surface area contributed by atoms with Gasteiger partial charge in [-0.05, 0) is 38.0 Å². The normalized spacial score (nSPS) is 12.0. The maximum Gasteiger partial charge on any atom is 0.449 e. The predicted molar refractivity (Wildman–Crippen MR) is 116 cm³/mol. The van der Waals surface area contributed by atoms with Crippen LogP contribution in [0.2, 0.25) is 0 Å². The van der Waals surface area contributed by atoms with Gasteiger partial charge in [0.15, 0.2) is 0 Å². The van der Waals surface area contributed by atoms with Gasteiger partial charge in [0.1, 0.15) is 17.3 Å². The molecule has 5 nitrogen and oxygen atoms in total. The van der Waals surface area contributed by atoms with E-state index in [1.807, 2.05) is 13.8 Å². The number of ketones is 1. The molecule has 0 atom stereocenters. The molecule has 2 aromatic carbocycles. The molecular weight excluding hydrogens is 421 g/mol. The number of aromatic hydroxyl groups is 1. The zero-order valence-electron chi connectivity index (χ0n) is 18.4. The molecule has 32 heavy (non-hydrogen) atoms. The first-order valence-corrected chi connectivity index (χ1v) is 10.6. The molecule has 0 aliphatic heterocycles. The van der Waals surface area contributed by atoms with Crippen molar-refractivity contribution in [1.29, 1.82) is 0 Å². The van der Waals surface area contributed by atoms with E-state index in [0.717, 1.165) is 0 Å². The molecule has 0 spiro atoms. The molecule has 0 fully saturated rings. The zero-order chi connectivity index (χ0) is 23.5.